The summed E-state index contributed by atoms with van der Waals surface area (Å²) in [6.45, 7) is 1.66. The molecule has 29 N–H and O–H groups in total. The van der Waals surface area contributed by atoms with E-state index in [1.807, 2.05) is 0 Å². The molecular weight excluding hydrogens is 1730 g/mol. The number of hydrogen-bond acceptors (Lipinski definition) is 46. The highest BCUT2D eigenvalue weighted by molar-refractivity contribution is 5.76. The normalized spacial score (nSPS) is 44.2. The van der Waals surface area contributed by atoms with Gasteiger partial charge in [0.25, 0.3) is 0 Å². The lowest BCUT2D eigenvalue weighted by molar-refractivity contribution is -0.329. The van der Waals surface area contributed by atoms with Gasteiger partial charge in [-0.2, -0.15) is 0 Å². The zero-order valence-electron chi connectivity index (χ0n) is 69.9. The Morgan fingerprint density at radius 3 is 0.449 bits per heavy atom. The van der Waals surface area contributed by atoms with E-state index in [0.717, 1.165) is 62.3 Å². The Bertz CT molecular complexity index is 3600. The maximum atomic E-state index is 12.7. The van der Waals surface area contributed by atoms with Crippen molar-refractivity contribution in [1.29, 1.82) is 0 Å². The van der Waals surface area contributed by atoms with Crippen LogP contribution in [0, 0.1) is 0 Å². The fourth-order valence-electron chi connectivity index (χ4n) is 15.8. The molecular formula is C72H119N9O46. The molecule has 0 spiro atoms. The van der Waals surface area contributed by atoms with Crippen LogP contribution >= 0.6 is 0 Å². The lowest BCUT2D eigenvalue weighted by atomic mass is 9.95. The summed E-state index contributed by atoms with van der Waals surface area (Å²) in [5.74, 6) is -7.09. The Morgan fingerprint density at radius 1 is 0.189 bits per heavy atom. The second-order valence-corrected chi connectivity index (χ2v) is 32.1. The lowest BCUT2D eigenvalue weighted by Crippen LogP contribution is -2.68. The van der Waals surface area contributed by atoms with E-state index in [1.54, 1.807) is 0 Å². The molecule has 9 rings (SSSR count). The van der Waals surface area contributed by atoms with Crippen LogP contribution in [-0.4, -0.2) is 491 Å². The Balaban J connectivity index is 0.856. The molecule has 9 aliphatic rings. The summed E-state index contributed by atoms with van der Waals surface area (Å²) < 4.78 is 101. The molecule has 127 heavy (non-hydrogen) atoms. The number of carbonyl (C=O) groups is 9. The van der Waals surface area contributed by atoms with Gasteiger partial charge in [-0.3, -0.25) is 43.2 Å². The monoisotopic (exact) mass is 1850 g/mol. The molecule has 0 aromatic heterocycles. The van der Waals surface area contributed by atoms with Gasteiger partial charge in [0.1, 0.15) is 219 Å². The molecule has 0 aromatic rings. The van der Waals surface area contributed by atoms with Gasteiger partial charge in [-0.15, -0.1) is 0 Å². The second kappa shape index (κ2) is 46.4. The molecule has 45 atom stereocenters. The number of aliphatic hydroxyl groups excluding tert-OH is 20. The fraction of sp³-hybridized carbons (Fsp3) is 0.875. The van der Waals surface area contributed by atoms with Crippen molar-refractivity contribution in [2.75, 3.05) is 59.5 Å². The van der Waals surface area contributed by atoms with Crippen LogP contribution in [0.5, 0.6) is 0 Å². The Morgan fingerprint density at radius 2 is 0.307 bits per heavy atom. The van der Waals surface area contributed by atoms with Crippen molar-refractivity contribution in [2.45, 2.75) is 338 Å². The Labute approximate surface area is 722 Å². The summed E-state index contributed by atoms with van der Waals surface area (Å²) in [6.07, 6.45) is -66.9. The van der Waals surface area contributed by atoms with Gasteiger partial charge in [-0.1, -0.05) is 0 Å². The van der Waals surface area contributed by atoms with Crippen LogP contribution in [0.4, 0.5) is 0 Å². The van der Waals surface area contributed by atoms with E-state index in [-0.39, 0.29) is 0 Å². The molecule has 728 valence electrons. The Hall–Kier alpha value is -6.25. The molecule has 9 amide bonds. The number of nitrogens with one attached hydrogen (secondary N) is 9. The average molecular weight is 1850 g/mol. The van der Waals surface area contributed by atoms with E-state index in [9.17, 15) is 145 Å². The SMILES string of the molecule is CC(=O)N[C@@H]1[C@@H](O)[C@H](O)[C@@H](CO[C@@H]2O[C@H](CO[C@@H]3O[C@H](CO[C@@H]4O[C@H](CO[C@@H]5O[C@H](CO[C@@H]6O[C@H](CO[C@@H]7O[C@H](CO[C@@H]8O[C@H](CO[C@@H]9O[C@H](CO)[C@@H](O)[C@H](O)[C@H]9NC(C)=O)[C@@H](O)[C@H](O)[C@H]8NC(C)=O)[C@@H](O)[C@H](O)[C@H]7NC(C)=O)[C@@H](O)[C@H](O)[C@H]6NC(C)=O)[C@@H](O)[C@H](O)[C@H]5NC(C)=O)[C@@H](O)[C@H](O)[C@H]4NC(C)=O)[C@@H](O)[C@H](O)[C@H]3NC(C)=O)[C@@H](O)[C@H](O)[C@H]2NC(C)=O)O[C@@H]1O. The van der Waals surface area contributed by atoms with Gasteiger partial charge in [-0.25, -0.2) is 0 Å². The first kappa shape index (κ1) is 104. The van der Waals surface area contributed by atoms with E-state index < -0.39 is 388 Å². The molecule has 0 aliphatic carbocycles. The van der Waals surface area contributed by atoms with Crippen LogP contribution < -0.4 is 47.9 Å². The predicted molar refractivity (Wildman–Crippen MR) is 401 cm³/mol. The zero-order valence-corrected chi connectivity index (χ0v) is 69.9. The third-order valence-electron chi connectivity index (χ3n) is 22.2. The maximum absolute atomic E-state index is 12.7. The number of ether oxygens (including phenoxy) is 17. The highest BCUT2D eigenvalue weighted by Gasteiger charge is 2.58. The maximum Gasteiger partial charge on any atom is 0.217 e. The first-order chi connectivity index (χ1) is 59.7. The highest BCUT2D eigenvalue weighted by Crippen LogP contribution is 2.36. The fourth-order valence-corrected chi connectivity index (χ4v) is 15.8. The van der Waals surface area contributed by atoms with Crippen molar-refractivity contribution in [2.24, 2.45) is 0 Å². The molecule has 0 radical (unpaired) electrons. The van der Waals surface area contributed by atoms with Gasteiger partial charge in [0.15, 0.2) is 56.6 Å². The minimum atomic E-state index is -2.06. The summed E-state index contributed by atoms with van der Waals surface area (Å²) >= 11 is 0. The van der Waals surface area contributed by atoms with E-state index in [4.69, 9.17) is 80.5 Å². The largest absolute Gasteiger partial charge is 0.394 e. The molecule has 9 heterocycles. The Kier molecular flexibility index (Phi) is 38.2. The molecule has 0 aromatic carbocycles. The quantitative estimate of drug-likeness (QED) is 0.0284. The van der Waals surface area contributed by atoms with Gasteiger partial charge >= 0.3 is 0 Å². The number of carbonyl (C=O) groups excluding carboxylic acids is 9. The van der Waals surface area contributed by atoms with Crippen molar-refractivity contribution in [1.82, 2.24) is 47.9 Å². The first-order valence-electron chi connectivity index (χ1n) is 40.5. The molecule has 55 heteroatoms. The summed E-state index contributed by atoms with van der Waals surface area (Å²) in [5.41, 5.74) is 0. The summed E-state index contributed by atoms with van der Waals surface area (Å²) in [5, 5.41) is 246. The molecule has 0 saturated carbocycles. The van der Waals surface area contributed by atoms with Crippen LogP contribution in [-0.2, 0) is 124 Å². The van der Waals surface area contributed by atoms with Crippen molar-refractivity contribution in [3.05, 3.63) is 0 Å². The van der Waals surface area contributed by atoms with E-state index >= 15 is 0 Å². The van der Waals surface area contributed by atoms with Crippen molar-refractivity contribution in [3.63, 3.8) is 0 Å². The van der Waals surface area contributed by atoms with Gasteiger partial charge in [0.05, 0.1) is 59.5 Å². The number of hydrogen-bond donors (Lipinski definition) is 29. The summed E-state index contributed by atoms with van der Waals surface area (Å²) in [7, 11) is 0. The zero-order chi connectivity index (χ0) is 93.9. The smallest absolute Gasteiger partial charge is 0.217 e. The van der Waals surface area contributed by atoms with E-state index in [2.05, 4.69) is 47.9 Å². The highest BCUT2D eigenvalue weighted by atomic mass is 16.8. The van der Waals surface area contributed by atoms with Crippen LogP contribution in [0.15, 0.2) is 0 Å². The molecule has 55 nitrogen and oxygen atoms in total. The third kappa shape index (κ3) is 26.2. The minimum absolute atomic E-state index is 0.689. The van der Waals surface area contributed by atoms with Crippen LogP contribution in [0.1, 0.15) is 62.3 Å². The van der Waals surface area contributed by atoms with E-state index in [0.29, 0.717) is 0 Å². The van der Waals surface area contributed by atoms with Crippen LogP contribution in [0.25, 0.3) is 0 Å². The van der Waals surface area contributed by atoms with E-state index in [1.165, 1.54) is 0 Å². The molecule has 0 unspecified atom stereocenters. The van der Waals surface area contributed by atoms with Gasteiger partial charge < -0.3 is 231 Å². The summed E-state index contributed by atoms with van der Waals surface area (Å²) in [6, 6.07) is -14.6. The number of rotatable bonds is 34. The van der Waals surface area contributed by atoms with Gasteiger partial charge in [0.2, 0.25) is 53.2 Å². The molecule has 9 fully saturated rings. The lowest BCUT2D eigenvalue weighted by Gasteiger charge is -2.47. The van der Waals surface area contributed by atoms with Crippen LogP contribution in [0.2, 0.25) is 0 Å². The average Bonchev–Trinajstić information content (AvgIpc) is 0.791. The minimum Gasteiger partial charge on any atom is -0.394 e. The van der Waals surface area contributed by atoms with Crippen LogP contribution in [0.3, 0.4) is 0 Å². The van der Waals surface area contributed by atoms with Crippen molar-refractivity contribution in [3.8, 4) is 0 Å². The molecule has 9 saturated heterocycles. The number of aliphatic hydroxyl groups is 20. The topological polar surface area (TPSA) is 823 Å². The summed E-state index contributed by atoms with van der Waals surface area (Å²) in [4.78, 5) is 112. The standard InChI is InChI=1S/C72H119N9O46/c1-19(83)73-37-55(101)47(93)29(119-64(37)110)11-111-66-39(75-21(3)85)57(103)49(95)31(121-66)13-113-68-41(77-23(5)87)59(105)51(97)33(123-68)15-115-70-43(79-25(7)89)61(107)53(99)35(125-70)17-117-72-45(81-27(9)91)63(109)54(100)36(127-72)18-118-71-44(80-26(8)90)62(108)52(98)34(126-71)16-116-69-42(78-24(6)88)60(106)50(96)32(124-69)14-114-67-40(76-22(4)86)58(104)48(94)30(122-67)12-112-65-38(74-20(2)84)56(102)46(92)28(10-82)120-65/h28-72,82,92-110H,10-18H2,1-9H3,(H,73,83)(H,74,84)(H,75,85)(H,76,86)(H,77,87)(H,78,88)(H,79,89)(H,80,90)(H,81,91)/t28-,29-,30-,31-,32-,33-,34-,35-,36-,37-,38-,39-,40-,41-,42-,43-,44-,45-,46-,47-,48-,49-,50-,51-,52-,53-,54-,55-,56-,57-,58-,59-,60-,61-,62-,63-,64+,65-,66-,67-,68-,69-,70-,71-,72-/m1/s1. The van der Waals surface area contributed by atoms with Crippen molar-refractivity contribution < 1.29 is 226 Å². The molecule has 9 aliphatic heterocycles. The number of amides is 9. The van der Waals surface area contributed by atoms with Gasteiger partial charge in [0, 0.05) is 62.3 Å². The third-order valence-corrected chi connectivity index (χ3v) is 22.2. The van der Waals surface area contributed by atoms with Crippen molar-refractivity contribution >= 4 is 53.2 Å². The molecule has 0 bridgehead atoms. The predicted octanol–water partition coefficient (Wildman–Crippen LogP) is -19.3. The second-order valence-electron chi connectivity index (χ2n) is 32.1. The first-order valence-corrected chi connectivity index (χ1v) is 40.5. The van der Waals surface area contributed by atoms with Gasteiger partial charge in [-0.05, 0) is 0 Å².